The zero-order valence-corrected chi connectivity index (χ0v) is 11.9. The van der Waals surface area contributed by atoms with E-state index >= 15 is 0 Å². The van der Waals surface area contributed by atoms with E-state index in [1.165, 1.54) is 0 Å². The van der Waals surface area contributed by atoms with Crippen LogP contribution in [-0.2, 0) is 6.42 Å². The summed E-state index contributed by atoms with van der Waals surface area (Å²) in [5.41, 5.74) is 7.12. The van der Waals surface area contributed by atoms with Gasteiger partial charge in [0, 0.05) is 18.2 Å². The van der Waals surface area contributed by atoms with E-state index in [0.717, 1.165) is 11.3 Å². The Labute approximate surface area is 126 Å². The van der Waals surface area contributed by atoms with Crippen molar-refractivity contribution < 1.29 is 14.6 Å². The molecule has 0 bridgehead atoms. The summed E-state index contributed by atoms with van der Waals surface area (Å²) in [7, 11) is 1.60. The average Bonchev–Trinajstić information content (AvgIpc) is 2.86. The van der Waals surface area contributed by atoms with Crippen LogP contribution in [-0.4, -0.2) is 32.6 Å². The number of methoxy groups -OCH3 is 1. The van der Waals surface area contributed by atoms with Crippen LogP contribution in [0.1, 0.15) is 21.9 Å². The number of ether oxygens (including phenoxy) is 1. The van der Waals surface area contributed by atoms with Crippen molar-refractivity contribution >= 4 is 17.4 Å². The number of carbonyl (C=O) groups is 1. The minimum absolute atomic E-state index is 0.0822. The number of benzene rings is 1. The standard InChI is InChI=1S/C15H14N4O3/c1-22-11-5-3-2-4-9(11)8-12-17-7-6-10-13(14(20)21)18-15(16)19(10)12/h2-7H,8H2,1H3,(H2,16,18)(H,20,21). The molecule has 22 heavy (non-hydrogen) atoms. The lowest BCUT2D eigenvalue weighted by atomic mass is 10.1. The lowest BCUT2D eigenvalue weighted by Gasteiger charge is -2.09. The minimum Gasteiger partial charge on any atom is -0.496 e. The van der Waals surface area contributed by atoms with Crippen molar-refractivity contribution in [2.24, 2.45) is 0 Å². The Bertz CT molecular complexity index is 857. The van der Waals surface area contributed by atoms with E-state index < -0.39 is 5.97 Å². The molecule has 0 aliphatic carbocycles. The molecule has 2 aromatic heterocycles. The van der Waals surface area contributed by atoms with Gasteiger partial charge in [-0.2, -0.15) is 0 Å². The average molecular weight is 298 g/mol. The first kappa shape index (κ1) is 13.9. The van der Waals surface area contributed by atoms with Gasteiger partial charge < -0.3 is 15.6 Å². The molecule has 112 valence electrons. The Morgan fingerprint density at radius 1 is 1.36 bits per heavy atom. The fourth-order valence-corrected chi connectivity index (χ4v) is 2.43. The monoisotopic (exact) mass is 298 g/mol. The van der Waals surface area contributed by atoms with Crippen molar-refractivity contribution in [2.45, 2.75) is 6.42 Å². The maximum absolute atomic E-state index is 11.2. The van der Waals surface area contributed by atoms with Gasteiger partial charge in [0.15, 0.2) is 5.69 Å². The van der Waals surface area contributed by atoms with Crippen LogP contribution in [0.2, 0.25) is 0 Å². The molecule has 0 aliphatic rings. The maximum atomic E-state index is 11.2. The Morgan fingerprint density at radius 2 is 2.14 bits per heavy atom. The van der Waals surface area contributed by atoms with Crippen LogP contribution in [0.5, 0.6) is 5.75 Å². The number of nitrogen functional groups attached to an aromatic ring is 1. The molecular weight excluding hydrogens is 284 g/mol. The maximum Gasteiger partial charge on any atom is 0.356 e. The number of rotatable bonds is 4. The number of aromatic carboxylic acids is 1. The third-order valence-corrected chi connectivity index (χ3v) is 3.40. The van der Waals surface area contributed by atoms with Gasteiger partial charge in [0.2, 0.25) is 5.95 Å². The number of para-hydroxylation sites is 1. The van der Waals surface area contributed by atoms with E-state index in [1.807, 2.05) is 24.3 Å². The summed E-state index contributed by atoms with van der Waals surface area (Å²) in [6.07, 6.45) is 1.99. The van der Waals surface area contributed by atoms with Crippen LogP contribution in [0, 0.1) is 0 Å². The van der Waals surface area contributed by atoms with Crippen molar-refractivity contribution in [3.8, 4) is 5.75 Å². The van der Waals surface area contributed by atoms with Gasteiger partial charge in [-0.15, -0.1) is 0 Å². The van der Waals surface area contributed by atoms with Crippen LogP contribution in [0.4, 0.5) is 5.95 Å². The van der Waals surface area contributed by atoms with Gasteiger partial charge in [-0.25, -0.2) is 14.8 Å². The molecule has 7 heteroatoms. The second kappa shape index (κ2) is 5.36. The van der Waals surface area contributed by atoms with Gasteiger partial charge >= 0.3 is 5.97 Å². The molecule has 0 saturated heterocycles. The SMILES string of the molecule is COc1ccccc1Cc1nccc2c(C(=O)O)nc(N)n12. The van der Waals surface area contributed by atoms with Crippen LogP contribution in [0.15, 0.2) is 36.5 Å². The fourth-order valence-electron chi connectivity index (χ4n) is 2.43. The largest absolute Gasteiger partial charge is 0.496 e. The number of aromatic nitrogens is 3. The summed E-state index contributed by atoms with van der Waals surface area (Å²) in [6, 6.07) is 9.14. The second-order valence-corrected chi connectivity index (χ2v) is 4.69. The number of nitrogens with zero attached hydrogens (tertiary/aromatic N) is 3. The summed E-state index contributed by atoms with van der Waals surface area (Å²) in [6.45, 7) is 0. The molecule has 3 aromatic rings. The number of hydrogen-bond acceptors (Lipinski definition) is 5. The number of imidazole rings is 1. The van der Waals surface area contributed by atoms with Gasteiger partial charge in [-0.3, -0.25) is 4.40 Å². The Kier molecular flexibility index (Phi) is 3.38. The quantitative estimate of drug-likeness (QED) is 0.758. The molecule has 7 nitrogen and oxygen atoms in total. The normalized spacial score (nSPS) is 10.8. The van der Waals surface area contributed by atoms with E-state index in [9.17, 15) is 9.90 Å². The summed E-state index contributed by atoms with van der Waals surface area (Å²) < 4.78 is 6.88. The first-order chi connectivity index (χ1) is 10.6. The molecule has 0 atom stereocenters. The van der Waals surface area contributed by atoms with E-state index in [-0.39, 0.29) is 11.6 Å². The molecule has 1 aromatic carbocycles. The lowest BCUT2D eigenvalue weighted by molar-refractivity contribution is 0.0693. The zero-order chi connectivity index (χ0) is 15.7. The highest BCUT2D eigenvalue weighted by atomic mass is 16.5. The van der Waals surface area contributed by atoms with E-state index in [2.05, 4.69) is 9.97 Å². The van der Waals surface area contributed by atoms with Crippen LogP contribution < -0.4 is 10.5 Å². The van der Waals surface area contributed by atoms with E-state index in [4.69, 9.17) is 10.5 Å². The number of carboxylic acid groups (broad SMARTS) is 1. The Balaban J connectivity index is 2.14. The fraction of sp³-hybridized carbons (Fsp3) is 0.133. The predicted molar refractivity (Wildman–Crippen MR) is 80.2 cm³/mol. The molecule has 0 aliphatic heterocycles. The number of carboxylic acids is 1. The summed E-state index contributed by atoms with van der Waals surface area (Å²) in [4.78, 5) is 19.4. The van der Waals surface area contributed by atoms with Crippen molar-refractivity contribution in [1.82, 2.24) is 14.4 Å². The first-order valence-corrected chi connectivity index (χ1v) is 6.59. The molecule has 0 spiro atoms. The molecule has 3 N–H and O–H groups in total. The number of hydrogen-bond donors (Lipinski definition) is 2. The van der Waals surface area contributed by atoms with Gasteiger partial charge in [0.05, 0.1) is 12.6 Å². The molecule has 0 amide bonds. The van der Waals surface area contributed by atoms with Crippen molar-refractivity contribution in [1.29, 1.82) is 0 Å². The highest BCUT2D eigenvalue weighted by Crippen LogP contribution is 2.23. The number of anilines is 1. The molecule has 0 fully saturated rings. The third kappa shape index (κ3) is 2.22. The van der Waals surface area contributed by atoms with Crippen LogP contribution >= 0.6 is 0 Å². The van der Waals surface area contributed by atoms with Crippen molar-refractivity contribution in [2.75, 3.05) is 12.8 Å². The molecule has 2 heterocycles. The highest BCUT2D eigenvalue weighted by molar-refractivity contribution is 5.94. The molecule has 0 saturated carbocycles. The zero-order valence-electron chi connectivity index (χ0n) is 11.9. The van der Waals surface area contributed by atoms with Crippen LogP contribution in [0.25, 0.3) is 5.52 Å². The Hall–Kier alpha value is -3.09. The highest BCUT2D eigenvalue weighted by Gasteiger charge is 2.18. The summed E-state index contributed by atoms with van der Waals surface area (Å²) in [5, 5.41) is 9.19. The topological polar surface area (TPSA) is 103 Å². The van der Waals surface area contributed by atoms with E-state index in [0.29, 0.717) is 17.8 Å². The number of fused-ring (bicyclic) bond motifs is 1. The summed E-state index contributed by atoms with van der Waals surface area (Å²) >= 11 is 0. The predicted octanol–water partition coefficient (Wildman–Crippen LogP) is 1.61. The first-order valence-electron chi connectivity index (χ1n) is 6.59. The van der Waals surface area contributed by atoms with Crippen molar-refractivity contribution in [3.05, 3.63) is 53.6 Å². The Morgan fingerprint density at radius 3 is 2.86 bits per heavy atom. The van der Waals surface area contributed by atoms with Gasteiger partial charge in [-0.05, 0) is 12.1 Å². The second-order valence-electron chi connectivity index (χ2n) is 4.69. The molecule has 0 radical (unpaired) electrons. The third-order valence-electron chi connectivity index (χ3n) is 3.40. The smallest absolute Gasteiger partial charge is 0.356 e. The molecule has 3 rings (SSSR count). The van der Waals surface area contributed by atoms with Gasteiger partial charge in [-0.1, -0.05) is 18.2 Å². The van der Waals surface area contributed by atoms with E-state index in [1.54, 1.807) is 23.8 Å². The number of nitrogens with two attached hydrogens (primary N) is 1. The molecular formula is C15H14N4O3. The van der Waals surface area contributed by atoms with Gasteiger partial charge in [0.1, 0.15) is 11.6 Å². The lowest BCUT2D eigenvalue weighted by Crippen LogP contribution is -2.06. The molecule has 0 unspecified atom stereocenters. The van der Waals surface area contributed by atoms with Crippen LogP contribution in [0.3, 0.4) is 0 Å². The summed E-state index contributed by atoms with van der Waals surface area (Å²) in [5.74, 6) is 0.312. The minimum atomic E-state index is -1.12. The van der Waals surface area contributed by atoms with Crippen molar-refractivity contribution in [3.63, 3.8) is 0 Å². The van der Waals surface area contributed by atoms with Gasteiger partial charge in [0.25, 0.3) is 0 Å².